The van der Waals surface area contributed by atoms with E-state index in [1.54, 1.807) is 6.20 Å². The molecule has 0 spiro atoms. The Morgan fingerprint density at radius 1 is 1.53 bits per heavy atom. The molecule has 0 bridgehead atoms. The Hall–Kier alpha value is -1.54. The highest BCUT2D eigenvalue weighted by Gasteiger charge is 2.14. The number of aryl methyl sites for hydroxylation is 1. The fraction of sp³-hybridized carbons (Fsp3) is 0.429. The van der Waals surface area contributed by atoms with Crippen molar-refractivity contribution in [1.82, 2.24) is 10.3 Å². The summed E-state index contributed by atoms with van der Waals surface area (Å²) >= 11 is 3.34. The molecule has 0 aliphatic rings. The van der Waals surface area contributed by atoms with Crippen LogP contribution in [-0.2, 0) is 4.74 Å². The summed E-state index contributed by atoms with van der Waals surface area (Å²) in [5.74, 6) is 5.82. The van der Waals surface area contributed by atoms with E-state index in [4.69, 9.17) is 4.74 Å². The number of alkyl carbamates (subject to hydrolysis) is 1. The zero-order chi connectivity index (χ0) is 14.5. The van der Waals surface area contributed by atoms with E-state index in [-0.39, 0.29) is 6.54 Å². The van der Waals surface area contributed by atoms with Crippen LogP contribution in [0.4, 0.5) is 4.79 Å². The third kappa shape index (κ3) is 6.25. The van der Waals surface area contributed by atoms with Gasteiger partial charge in [-0.1, -0.05) is 11.8 Å². The van der Waals surface area contributed by atoms with Crippen molar-refractivity contribution < 1.29 is 9.53 Å². The minimum Gasteiger partial charge on any atom is -0.444 e. The van der Waals surface area contributed by atoms with Crippen molar-refractivity contribution in [2.45, 2.75) is 33.3 Å². The molecule has 0 radical (unpaired) electrons. The van der Waals surface area contributed by atoms with E-state index >= 15 is 0 Å². The van der Waals surface area contributed by atoms with Crippen molar-refractivity contribution in [3.05, 3.63) is 28.0 Å². The van der Waals surface area contributed by atoms with Gasteiger partial charge in [-0.2, -0.15) is 0 Å². The third-order valence-electron chi connectivity index (χ3n) is 2.00. The predicted molar refractivity (Wildman–Crippen MR) is 77.8 cm³/mol. The van der Waals surface area contributed by atoms with Gasteiger partial charge >= 0.3 is 6.09 Å². The molecule has 1 heterocycles. The first-order valence-electron chi connectivity index (χ1n) is 5.86. The zero-order valence-electron chi connectivity index (χ0n) is 11.5. The molecule has 19 heavy (non-hydrogen) atoms. The van der Waals surface area contributed by atoms with Crippen LogP contribution in [0.15, 0.2) is 16.7 Å². The molecule has 1 amide bonds. The maximum absolute atomic E-state index is 11.4. The summed E-state index contributed by atoms with van der Waals surface area (Å²) in [5, 5.41) is 2.58. The van der Waals surface area contributed by atoms with Crippen LogP contribution in [0.5, 0.6) is 0 Å². The SMILES string of the molecule is Cc1ncc(Br)cc1C#CCNC(=O)OC(C)(C)C. The average molecular weight is 325 g/mol. The number of nitrogens with zero attached hydrogens (tertiary/aromatic N) is 1. The summed E-state index contributed by atoms with van der Waals surface area (Å²) < 4.78 is 5.97. The summed E-state index contributed by atoms with van der Waals surface area (Å²) in [6, 6.07) is 1.89. The van der Waals surface area contributed by atoms with Gasteiger partial charge in [0, 0.05) is 16.2 Å². The van der Waals surface area contributed by atoms with Gasteiger partial charge in [0.05, 0.1) is 12.2 Å². The zero-order valence-corrected chi connectivity index (χ0v) is 13.1. The molecule has 0 fully saturated rings. The van der Waals surface area contributed by atoms with E-state index in [1.807, 2.05) is 33.8 Å². The van der Waals surface area contributed by atoms with Crippen LogP contribution in [0.25, 0.3) is 0 Å². The highest BCUT2D eigenvalue weighted by Crippen LogP contribution is 2.12. The highest BCUT2D eigenvalue weighted by molar-refractivity contribution is 9.10. The fourth-order valence-corrected chi connectivity index (χ4v) is 1.54. The Kier molecular flexibility index (Phi) is 5.37. The van der Waals surface area contributed by atoms with Gasteiger partial charge in [0.1, 0.15) is 5.60 Å². The van der Waals surface area contributed by atoms with Crippen molar-refractivity contribution in [1.29, 1.82) is 0 Å². The molecule has 1 aromatic heterocycles. The van der Waals surface area contributed by atoms with E-state index in [9.17, 15) is 4.79 Å². The second-order valence-electron chi connectivity index (χ2n) is 4.94. The smallest absolute Gasteiger partial charge is 0.408 e. The number of halogens is 1. The second-order valence-corrected chi connectivity index (χ2v) is 5.86. The summed E-state index contributed by atoms with van der Waals surface area (Å²) in [4.78, 5) is 15.5. The van der Waals surface area contributed by atoms with Gasteiger partial charge in [-0.25, -0.2) is 4.79 Å². The van der Waals surface area contributed by atoms with E-state index in [2.05, 4.69) is 38.1 Å². The summed E-state index contributed by atoms with van der Waals surface area (Å²) in [6.07, 6.45) is 1.25. The molecular weight excluding hydrogens is 308 g/mol. The Bertz CT molecular complexity index is 524. The molecule has 1 N–H and O–H groups in total. The summed E-state index contributed by atoms with van der Waals surface area (Å²) in [5.41, 5.74) is 1.19. The van der Waals surface area contributed by atoms with Crippen LogP contribution in [0.2, 0.25) is 0 Å². The first-order chi connectivity index (χ1) is 8.78. The first-order valence-corrected chi connectivity index (χ1v) is 6.65. The Balaban J connectivity index is 2.52. The van der Waals surface area contributed by atoms with Crippen molar-refractivity contribution in [3.8, 4) is 11.8 Å². The predicted octanol–water partition coefficient (Wildman–Crippen LogP) is 3.03. The Morgan fingerprint density at radius 3 is 2.84 bits per heavy atom. The molecule has 102 valence electrons. The molecule has 0 unspecified atom stereocenters. The molecular formula is C14H17BrN2O2. The van der Waals surface area contributed by atoms with Gasteiger partial charge < -0.3 is 10.1 Å². The number of carbonyl (C=O) groups excluding carboxylic acids is 1. The molecule has 4 nitrogen and oxygen atoms in total. The van der Waals surface area contributed by atoms with E-state index in [0.717, 1.165) is 15.7 Å². The number of hydrogen-bond donors (Lipinski definition) is 1. The fourth-order valence-electron chi connectivity index (χ4n) is 1.20. The van der Waals surface area contributed by atoms with E-state index in [0.29, 0.717) is 0 Å². The first kappa shape index (κ1) is 15.5. The molecule has 1 rings (SSSR count). The Morgan fingerprint density at radius 2 is 2.21 bits per heavy atom. The topological polar surface area (TPSA) is 51.2 Å². The van der Waals surface area contributed by atoms with Crippen LogP contribution in [0.1, 0.15) is 32.0 Å². The van der Waals surface area contributed by atoms with Gasteiger partial charge in [0.15, 0.2) is 0 Å². The number of carbonyl (C=O) groups is 1. The van der Waals surface area contributed by atoms with Crippen molar-refractivity contribution >= 4 is 22.0 Å². The number of nitrogens with one attached hydrogen (secondary N) is 1. The van der Waals surface area contributed by atoms with Crippen LogP contribution in [-0.4, -0.2) is 23.2 Å². The molecule has 0 aromatic carbocycles. The largest absolute Gasteiger partial charge is 0.444 e. The lowest BCUT2D eigenvalue weighted by Crippen LogP contribution is -2.32. The quantitative estimate of drug-likeness (QED) is 0.808. The van der Waals surface area contributed by atoms with Crippen LogP contribution in [0.3, 0.4) is 0 Å². The number of hydrogen-bond acceptors (Lipinski definition) is 3. The molecule has 0 atom stereocenters. The number of amides is 1. The number of pyridine rings is 1. The van der Waals surface area contributed by atoms with Crippen LogP contribution >= 0.6 is 15.9 Å². The summed E-state index contributed by atoms with van der Waals surface area (Å²) in [6.45, 7) is 7.57. The molecule has 1 aromatic rings. The lowest BCUT2D eigenvalue weighted by Gasteiger charge is -2.19. The van der Waals surface area contributed by atoms with E-state index in [1.165, 1.54) is 0 Å². The monoisotopic (exact) mass is 324 g/mol. The normalized spacial score (nSPS) is 10.4. The third-order valence-corrected chi connectivity index (χ3v) is 2.43. The van der Waals surface area contributed by atoms with Gasteiger partial charge in [-0.3, -0.25) is 4.98 Å². The van der Waals surface area contributed by atoms with Crippen LogP contribution < -0.4 is 5.32 Å². The number of aromatic nitrogens is 1. The summed E-state index contributed by atoms with van der Waals surface area (Å²) in [7, 11) is 0. The molecule has 0 aliphatic carbocycles. The second kappa shape index (κ2) is 6.58. The lowest BCUT2D eigenvalue weighted by molar-refractivity contribution is 0.0535. The molecule has 0 saturated carbocycles. The Labute approximate surface area is 122 Å². The number of ether oxygens (including phenoxy) is 1. The van der Waals surface area contributed by atoms with Crippen molar-refractivity contribution in [3.63, 3.8) is 0 Å². The molecule has 5 heteroatoms. The van der Waals surface area contributed by atoms with Crippen molar-refractivity contribution in [2.75, 3.05) is 6.54 Å². The average Bonchev–Trinajstić information content (AvgIpc) is 2.26. The lowest BCUT2D eigenvalue weighted by atomic mass is 10.2. The number of rotatable bonds is 1. The minimum absolute atomic E-state index is 0.237. The molecule has 0 saturated heterocycles. The minimum atomic E-state index is -0.498. The van der Waals surface area contributed by atoms with Gasteiger partial charge in [-0.05, 0) is 49.7 Å². The standard InChI is InChI=1S/C14H17BrN2O2/c1-10-11(8-12(15)9-17-10)6-5-7-16-13(18)19-14(2,3)4/h8-9H,7H2,1-4H3,(H,16,18). The van der Waals surface area contributed by atoms with E-state index < -0.39 is 11.7 Å². The maximum atomic E-state index is 11.4. The van der Waals surface area contributed by atoms with Crippen LogP contribution in [0, 0.1) is 18.8 Å². The molecule has 0 aliphatic heterocycles. The van der Waals surface area contributed by atoms with Gasteiger partial charge in [-0.15, -0.1) is 0 Å². The van der Waals surface area contributed by atoms with Gasteiger partial charge in [0.25, 0.3) is 0 Å². The van der Waals surface area contributed by atoms with Crippen molar-refractivity contribution in [2.24, 2.45) is 0 Å². The highest BCUT2D eigenvalue weighted by atomic mass is 79.9. The maximum Gasteiger partial charge on any atom is 0.408 e. The van der Waals surface area contributed by atoms with Gasteiger partial charge in [0.2, 0.25) is 0 Å².